The van der Waals surface area contributed by atoms with Gasteiger partial charge in [-0.15, -0.1) is 0 Å². The van der Waals surface area contributed by atoms with Gasteiger partial charge in [-0.1, -0.05) is 13.0 Å². The molecular weight excluding hydrogens is 228 g/mol. The van der Waals surface area contributed by atoms with Crippen LogP contribution in [-0.4, -0.2) is 23.6 Å². The molecule has 3 N–H and O–H groups in total. The molecule has 18 heavy (non-hydrogen) atoms. The predicted octanol–water partition coefficient (Wildman–Crippen LogP) is 1.89. The Labute approximate surface area is 107 Å². The second-order valence-electron chi connectivity index (χ2n) is 4.83. The van der Waals surface area contributed by atoms with Gasteiger partial charge in [0.1, 0.15) is 5.75 Å². The van der Waals surface area contributed by atoms with Crippen molar-refractivity contribution in [2.75, 3.05) is 11.9 Å². The number of amides is 1. The van der Waals surface area contributed by atoms with Crippen LogP contribution in [0.5, 0.6) is 5.75 Å². The van der Waals surface area contributed by atoms with Crippen molar-refractivity contribution in [3.8, 4) is 5.75 Å². The molecule has 1 amide bonds. The first-order valence-electron chi connectivity index (χ1n) is 6.48. The van der Waals surface area contributed by atoms with E-state index in [1.54, 1.807) is 6.07 Å². The van der Waals surface area contributed by atoms with Crippen LogP contribution in [0.3, 0.4) is 0 Å². The zero-order chi connectivity index (χ0) is 13.1. The van der Waals surface area contributed by atoms with Gasteiger partial charge in [0, 0.05) is 6.04 Å². The summed E-state index contributed by atoms with van der Waals surface area (Å²) >= 11 is 0. The number of carbonyl (C=O) groups is 1. The van der Waals surface area contributed by atoms with Gasteiger partial charge < -0.3 is 15.7 Å². The summed E-state index contributed by atoms with van der Waals surface area (Å²) < 4.78 is 0. The van der Waals surface area contributed by atoms with E-state index in [1.807, 2.05) is 26.0 Å². The molecule has 98 valence electrons. The predicted molar refractivity (Wildman–Crippen MR) is 71.7 cm³/mol. The van der Waals surface area contributed by atoms with Crippen molar-refractivity contribution in [1.82, 2.24) is 5.32 Å². The van der Waals surface area contributed by atoms with Crippen LogP contribution in [0.4, 0.5) is 5.69 Å². The van der Waals surface area contributed by atoms with Crippen LogP contribution in [-0.2, 0) is 11.2 Å². The van der Waals surface area contributed by atoms with E-state index in [0.29, 0.717) is 5.69 Å². The van der Waals surface area contributed by atoms with Gasteiger partial charge >= 0.3 is 0 Å². The summed E-state index contributed by atoms with van der Waals surface area (Å²) in [5, 5.41) is 15.8. The molecule has 0 spiro atoms. The van der Waals surface area contributed by atoms with Crippen LogP contribution in [0.15, 0.2) is 18.2 Å². The molecule has 0 aromatic heterocycles. The number of nitrogens with one attached hydrogen (secondary N) is 2. The lowest BCUT2D eigenvalue weighted by atomic mass is 10.0. The number of phenols is 1. The molecule has 1 aromatic carbocycles. The Bertz CT molecular complexity index is 445. The highest BCUT2D eigenvalue weighted by Crippen LogP contribution is 2.26. The van der Waals surface area contributed by atoms with Gasteiger partial charge in [0.15, 0.2) is 0 Å². The first-order chi connectivity index (χ1) is 8.61. The zero-order valence-corrected chi connectivity index (χ0v) is 10.9. The van der Waals surface area contributed by atoms with Crippen LogP contribution in [0.1, 0.15) is 25.8 Å². The summed E-state index contributed by atoms with van der Waals surface area (Å²) in [5.74, 6) is 0.0879. The third kappa shape index (κ3) is 2.64. The fourth-order valence-electron chi connectivity index (χ4n) is 2.35. The summed E-state index contributed by atoms with van der Waals surface area (Å²) in [6.07, 6.45) is 1.73. The Balaban J connectivity index is 2.11. The van der Waals surface area contributed by atoms with Crippen molar-refractivity contribution >= 4 is 11.6 Å². The summed E-state index contributed by atoms with van der Waals surface area (Å²) in [5.41, 5.74) is 1.61. The largest absolute Gasteiger partial charge is 0.506 e. The van der Waals surface area contributed by atoms with Crippen LogP contribution in [0.25, 0.3) is 0 Å². The van der Waals surface area contributed by atoms with Crippen LogP contribution in [0.2, 0.25) is 0 Å². The first kappa shape index (κ1) is 12.9. The number of aromatic hydroxyl groups is 1. The normalized spacial score (nSPS) is 23.0. The maximum atomic E-state index is 12.1. The number of carbonyl (C=O) groups excluding carboxylic acids is 1. The van der Waals surface area contributed by atoms with Gasteiger partial charge in [-0.05, 0) is 44.0 Å². The van der Waals surface area contributed by atoms with Crippen LogP contribution < -0.4 is 10.6 Å². The van der Waals surface area contributed by atoms with E-state index >= 15 is 0 Å². The minimum absolute atomic E-state index is 0.0175. The minimum atomic E-state index is -0.0188. The fraction of sp³-hybridized carbons (Fsp3) is 0.500. The zero-order valence-electron chi connectivity index (χ0n) is 10.9. The highest BCUT2D eigenvalue weighted by atomic mass is 16.3. The molecule has 1 saturated heterocycles. The number of phenolic OH excluding ortho intramolecular Hbond substituents is 1. The molecule has 1 heterocycles. The van der Waals surface area contributed by atoms with E-state index < -0.39 is 0 Å². The molecular formula is C14H20N2O2. The Hall–Kier alpha value is -1.55. The smallest absolute Gasteiger partial charge is 0.229 e. The maximum absolute atomic E-state index is 12.1. The topological polar surface area (TPSA) is 61.4 Å². The molecule has 1 aliphatic rings. The Kier molecular flexibility index (Phi) is 3.87. The average Bonchev–Trinajstić information content (AvgIpc) is 2.78. The molecule has 1 aliphatic heterocycles. The van der Waals surface area contributed by atoms with E-state index in [1.165, 1.54) is 0 Å². The highest BCUT2D eigenvalue weighted by Gasteiger charge is 2.29. The summed E-state index contributed by atoms with van der Waals surface area (Å²) in [7, 11) is 0. The Morgan fingerprint density at radius 2 is 2.33 bits per heavy atom. The Morgan fingerprint density at radius 1 is 1.56 bits per heavy atom. The van der Waals surface area contributed by atoms with Gasteiger partial charge in [0.2, 0.25) is 5.91 Å². The summed E-state index contributed by atoms with van der Waals surface area (Å²) in [6, 6.07) is 5.52. The van der Waals surface area contributed by atoms with Crippen molar-refractivity contribution in [3.63, 3.8) is 0 Å². The van der Waals surface area contributed by atoms with Crippen molar-refractivity contribution in [2.24, 2.45) is 5.92 Å². The number of benzene rings is 1. The number of hydrogen-bond acceptors (Lipinski definition) is 3. The summed E-state index contributed by atoms with van der Waals surface area (Å²) in [6.45, 7) is 4.93. The molecule has 0 saturated carbocycles. The van der Waals surface area contributed by atoms with Crippen LogP contribution in [0, 0.1) is 5.92 Å². The van der Waals surface area contributed by atoms with E-state index in [2.05, 4.69) is 10.6 Å². The quantitative estimate of drug-likeness (QED) is 0.716. The van der Waals surface area contributed by atoms with Gasteiger partial charge in [-0.25, -0.2) is 0 Å². The third-order valence-electron chi connectivity index (χ3n) is 3.59. The molecule has 1 aromatic rings. The standard InChI is InChI=1S/C14H20N2O2/c1-3-10-4-5-13(17)12(8-10)16-14(18)11-6-7-15-9(11)2/h4-5,8-9,11,15,17H,3,6-7H2,1-2H3,(H,16,18). The second kappa shape index (κ2) is 5.40. The van der Waals surface area contributed by atoms with Gasteiger partial charge in [0.05, 0.1) is 11.6 Å². The van der Waals surface area contributed by atoms with E-state index in [-0.39, 0.29) is 23.6 Å². The minimum Gasteiger partial charge on any atom is -0.506 e. The lowest BCUT2D eigenvalue weighted by Crippen LogP contribution is -2.32. The molecule has 4 nitrogen and oxygen atoms in total. The lowest BCUT2D eigenvalue weighted by Gasteiger charge is -2.16. The SMILES string of the molecule is CCc1ccc(O)c(NC(=O)C2CCNC2C)c1. The second-order valence-corrected chi connectivity index (χ2v) is 4.83. The molecule has 0 bridgehead atoms. The number of aryl methyl sites for hydroxylation is 1. The Morgan fingerprint density at radius 3 is 2.94 bits per heavy atom. The molecule has 0 aliphatic carbocycles. The highest BCUT2D eigenvalue weighted by molar-refractivity contribution is 5.94. The fourth-order valence-corrected chi connectivity index (χ4v) is 2.35. The van der Waals surface area contributed by atoms with Gasteiger partial charge in [-0.2, -0.15) is 0 Å². The molecule has 2 rings (SSSR count). The van der Waals surface area contributed by atoms with Crippen molar-refractivity contribution in [3.05, 3.63) is 23.8 Å². The van der Waals surface area contributed by atoms with Gasteiger partial charge in [0.25, 0.3) is 0 Å². The van der Waals surface area contributed by atoms with Crippen LogP contribution >= 0.6 is 0 Å². The third-order valence-corrected chi connectivity index (χ3v) is 3.59. The maximum Gasteiger partial charge on any atom is 0.229 e. The van der Waals surface area contributed by atoms with Crippen molar-refractivity contribution < 1.29 is 9.90 Å². The van der Waals surface area contributed by atoms with Crippen molar-refractivity contribution in [2.45, 2.75) is 32.7 Å². The van der Waals surface area contributed by atoms with E-state index in [4.69, 9.17) is 0 Å². The van der Waals surface area contributed by atoms with E-state index in [9.17, 15) is 9.90 Å². The molecule has 2 unspecified atom stereocenters. The molecule has 4 heteroatoms. The molecule has 2 atom stereocenters. The lowest BCUT2D eigenvalue weighted by molar-refractivity contribution is -0.120. The molecule has 0 radical (unpaired) electrons. The molecule has 1 fully saturated rings. The number of rotatable bonds is 3. The van der Waals surface area contributed by atoms with Crippen molar-refractivity contribution in [1.29, 1.82) is 0 Å². The average molecular weight is 248 g/mol. The summed E-state index contributed by atoms with van der Waals surface area (Å²) in [4.78, 5) is 12.1. The first-order valence-corrected chi connectivity index (χ1v) is 6.48. The number of anilines is 1. The van der Waals surface area contributed by atoms with Gasteiger partial charge in [-0.3, -0.25) is 4.79 Å². The monoisotopic (exact) mass is 248 g/mol. The number of hydrogen-bond donors (Lipinski definition) is 3. The van der Waals surface area contributed by atoms with E-state index in [0.717, 1.165) is 24.9 Å².